The smallest absolute Gasteiger partial charge is 0.306 e. The van der Waals surface area contributed by atoms with Crippen LogP contribution in [0.5, 0.6) is 11.5 Å². The van der Waals surface area contributed by atoms with E-state index in [2.05, 4.69) is 21.2 Å². The van der Waals surface area contributed by atoms with Crippen LogP contribution in [-0.2, 0) is 9.53 Å². The van der Waals surface area contributed by atoms with Crippen LogP contribution < -0.4 is 14.8 Å². The second-order valence-corrected chi connectivity index (χ2v) is 7.26. The Kier molecular flexibility index (Phi) is 5.98. The molecule has 27 heavy (non-hydrogen) atoms. The summed E-state index contributed by atoms with van der Waals surface area (Å²) in [5, 5.41) is 12.4. The molecule has 0 spiro atoms. The number of nitrogens with one attached hydrogen (secondary N) is 1. The SMILES string of the molecule is COc1cccc([C@@H]2O[C@@H](CC(=O)O)C(=S)Nc3ccc(Br)cc32)c1OC. The monoisotopic (exact) mass is 451 g/mol. The van der Waals surface area contributed by atoms with E-state index in [0.717, 1.165) is 21.3 Å². The molecule has 0 bridgehead atoms. The minimum atomic E-state index is -0.993. The van der Waals surface area contributed by atoms with Gasteiger partial charge in [-0.1, -0.05) is 40.3 Å². The molecule has 6 nitrogen and oxygen atoms in total. The van der Waals surface area contributed by atoms with Crippen molar-refractivity contribution in [1.82, 2.24) is 0 Å². The molecule has 0 aliphatic carbocycles. The van der Waals surface area contributed by atoms with Crippen molar-refractivity contribution in [3.63, 3.8) is 0 Å². The van der Waals surface area contributed by atoms with Gasteiger partial charge in [-0.2, -0.15) is 0 Å². The number of carboxylic acids is 1. The number of thiocarbonyl (C=S) groups is 1. The average molecular weight is 452 g/mol. The molecule has 1 aliphatic rings. The molecule has 0 saturated carbocycles. The van der Waals surface area contributed by atoms with Gasteiger partial charge in [-0.05, 0) is 24.3 Å². The third-order valence-corrected chi connectivity index (χ3v) is 5.08. The van der Waals surface area contributed by atoms with Gasteiger partial charge in [0.1, 0.15) is 17.2 Å². The van der Waals surface area contributed by atoms with Gasteiger partial charge < -0.3 is 24.6 Å². The van der Waals surface area contributed by atoms with Gasteiger partial charge in [0, 0.05) is 21.3 Å². The predicted molar refractivity (Wildman–Crippen MR) is 109 cm³/mol. The van der Waals surface area contributed by atoms with Gasteiger partial charge >= 0.3 is 5.97 Å². The first kappa shape index (κ1) is 19.6. The molecule has 0 radical (unpaired) electrons. The maximum Gasteiger partial charge on any atom is 0.306 e. The Morgan fingerprint density at radius 1 is 1.26 bits per heavy atom. The summed E-state index contributed by atoms with van der Waals surface area (Å²) in [6, 6.07) is 11.2. The summed E-state index contributed by atoms with van der Waals surface area (Å²) in [5.74, 6) is 0.0928. The molecule has 0 amide bonds. The van der Waals surface area contributed by atoms with Crippen LogP contribution in [0.15, 0.2) is 40.9 Å². The van der Waals surface area contributed by atoms with E-state index in [0.29, 0.717) is 16.5 Å². The van der Waals surface area contributed by atoms with Gasteiger partial charge in [0.2, 0.25) is 0 Å². The Morgan fingerprint density at radius 2 is 2.04 bits per heavy atom. The number of ether oxygens (including phenoxy) is 3. The summed E-state index contributed by atoms with van der Waals surface area (Å²) < 4.78 is 18.0. The van der Waals surface area contributed by atoms with E-state index in [4.69, 9.17) is 26.4 Å². The average Bonchev–Trinajstić information content (AvgIpc) is 2.77. The Balaban J connectivity index is 2.18. The van der Waals surface area contributed by atoms with Crippen molar-refractivity contribution in [1.29, 1.82) is 0 Å². The lowest BCUT2D eigenvalue weighted by Crippen LogP contribution is -2.30. The lowest BCUT2D eigenvalue weighted by Gasteiger charge is -2.24. The Labute approximate surface area is 170 Å². The largest absolute Gasteiger partial charge is 0.493 e. The number of halogens is 1. The van der Waals surface area contributed by atoms with Crippen LogP contribution in [0.1, 0.15) is 23.7 Å². The highest BCUT2D eigenvalue weighted by molar-refractivity contribution is 9.10. The lowest BCUT2D eigenvalue weighted by atomic mass is 9.98. The van der Waals surface area contributed by atoms with Crippen molar-refractivity contribution in [2.75, 3.05) is 19.5 Å². The summed E-state index contributed by atoms with van der Waals surface area (Å²) in [4.78, 5) is 11.6. The highest BCUT2D eigenvalue weighted by Crippen LogP contribution is 2.43. The summed E-state index contributed by atoms with van der Waals surface area (Å²) in [7, 11) is 3.11. The van der Waals surface area contributed by atoms with Gasteiger partial charge in [0.15, 0.2) is 11.5 Å². The van der Waals surface area contributed by atoms with Crippen molar-refractivity contribution < 1.29 is 24.1 Å². The zero-order chi connectivity index (χ0) is 19.6. The first-order chi connectivity index (χ1) is 12.9. The molecule has 3 rings (SSSR count). The number of carboxylic acid groups (broad SMARTS) is 1. The summed E-state index contributed by atoms with van der Waals surface area (Å²) >= 11 is 8.87. The Bertz CT molecular complexity index is 888. The van der Waals surface area contributed by atoms with Crippen LogP contribution in [0, 0.1) is 0 Å². The highest BCUT2D eigenvalue weighted by atomic mass is 79.9. The summed E-state index contributed by atoms with van der Waals surface area (Å²) in [6.45, 7) is 0. The quantitative estimate of drug-likeness (QED) is 0.660. The van der Waals surface area contributed by atoms with E-state index in [-0.39, 0.29) is 6.42 Å². The van der Waals surface area contributed by atoms with Crippen LogP contribution in [-0.4, -0.2) is 36.4 Å². The number of aliphatic carboxylic acids is 1. The minimum Gasteiger partial charge on any atom is -0.493 e. The highest BCUT2D eigenvalue weighted by Gasteiger charge is 2.33. The number of anilines is 1. The number of para-hydroxylation sites is 1. The van der Waals surface area contributed by atoms with Crippen molar-refractivity contribution in [2.24, 2.45) is 0 Å². The van der Waals surface area contributed by atoms with Crippen molar-refractivity contribution in [3.05, 3.63) is 52.0 Å². The van der Waals surface area contributed by atoms with E-state index < -0.39 is 18.2 Å². The first-order valence-corrected chi connectivity index (χ1v) is 9.33. The third kappa shape index (κ3) is 4.07. The molecule has 2 aromatic carbocycles. The fraction of sp³-hybridized carbons (Fsp3) is 0.263. The predicted octanol–water partition coefficient (Wildman–Crippen LogP) is 4.17. The molecule has 2 aromatic rings. The number of methoxy groups -OCH3 is 2. The zero-order valence-electron chi connectivity index (χ0n) is 14.7. The molecule has 142 valence electrons. The van der Waals surface area contributed by atoms with Crippen LogP contribution in [0.3, 0.4) is 0 Å². The maximum atomic E-state index is 11.3. The van der Waals surface area contributed by atoms with Gasteiger partial charge in [-0.25, -0.2) is 0 Å². The lowest BCUT2D eigenvalue weighted by molar-refractivity contribution is -0.139. The summed E-state index contributed by atoms with van der Waals surface area (Å²) in [5.41, 5.74) is 2.29. The topological polar surface area (TPSA) is 77.0 Å². The maximum absolute atomic E-state index is 11.3. The Hall–Kier alpha value is -2.16. The molecule has 0 saturated heterocycles. The molecule has 0 aromatic heterocycles. The number of carbonyl (C=O) groups is 1. The molecule has 1 heterocycles. The molecule has 2 atom stereocenters. The van der Waals surface area contributed by atoms with Gasteiger partial charge in [0.25, 0.3) is 0 Å². The van der Waals surface area contributed by atoms with E-state index >= 15 is 0 Å². The van der Waals surface area contributed by atoms with Crippen molar-refractivity contribution in [2.45, 2.75) is 18.6 Å². The number of fused-ring (bicyclic) bond motifs is 1. The van der Waals surface area contributed by atoms with Gasteiger partial charge in [-0.3, -0.25) is 4.79 Å². The van der Waals surface area contributed by atoms with E-state index in [9.17, 15) is 9.90 Å². The van der Waals surface area contributed by atoms with Crippen molar-refractivity contribution >= 4 is 44.8 Å². The van der Waals surface area contributed by atoms with Crippen LogP contribution in [0.25, 0.3) is 0 Å². The molecular weight excluding hydrogens is 434 g/mol. The first-order valence-electron chi connectivity index (χ1n) is 8.13. The minimum absolute atomic E-state index is 0.246. The number of hydrogen-bond donors (Lipinski definition) is 2. The number of benzene rings is 2. The van der Waals surface area contributed by atoms with Crippen LogP contribution in [0.2, 0.25) is 0 Å². The molecule has 0 fully saturated rings. The molecule has 1 aliphatic heterocycles. The molecule has 0 unspecified atom stereocenters. The van der Waals surface area contributed by atoms with E-state index in [1.165, 1.54) is 0 Å². The second kappa shape index (κ2) is 8.24. The number of hydrogen-bond acceptors (Lipinski definition) is 5. The van der Waals surface area contributed by atoms with Gasteiger partial charge in [-0.15, -0.1) is 0 Å². The molecular formula is C19H18BrNO5S. The zero-order valence-corrected chi connectivity index (χ0v) is 17.1. The van der Waals surface area contributed by atoms with E-state index in [1.54, 1.807) is 20.3 Å². The molecule has 8 heteroatoms. The third-order valence-electron chi connectivity index (χ3n) is 4.22. The number of rotatable bonds is 5. The van der Waals surface area contributed by atoms with Crippen molar-refractivity contribution in [3.8, 4) is 11.5 Å². The standard InChI is InChI=1S/C19H18BrNO5S/c1-24-14-5-3-4-11(18(14)25-2)17-12-8-10(20)6-7-13(12)21-19(27)15(26-17)9-16(22)23/h3-8,15,17H,9H2,1-2H3,(H,21,27)(H,22,23)/t15-,17-/m0/s1. The second-order valence-electron chi connectivity index (χ2n) is 5.91. The van der Waals surface area contributed by atoms with Gasteiger partial charge in [0.05, 0.1) is 20.6 Å². The summed E-state index contributed by atoms with van der Waals surface area (Å²) in [6.07, 6.45) is -1.63. The van der Waals surface area contributed by atoms with E-state index in [1.807, 2.05) is 30.3 Å². The normalized spacial score (nSPS) is 18.9. The Morgan fingerprint density at radius 3 is 2.70 bits per heavy atom. The van der Waals surface area contributed by atoms with Crippen LogP contribution >= 0.6 is 28.1 Å². The fourth-order valence-electron chi connectivity index (χ4n) is 3.04. The molecule has 2 N–H and O–H groups in total. The fourth-order valence-corrected chi connectivity index (χ4v) is 3.66. The van der Waals surface area contributed by atoms with Crippen LogP contribution in [0.4, 0.5) is 5.69 Å².